The normalized spacial score (nSPS) is 18.6. The van der Waals surface area contributed by atoms with E-state index in [0.29, 0.717) is 12.1 Å². The average molecular weight is 275 g/mol. The van der Waals surface area contributed by atoms with Crippen LogP contribution in [0.4, 0.5) is 0 Å². The highest BCUT2D eigenvalue weighted by Crippen LogP contribution is 2.14. The second-order valence-electron chi connectivity index (χ2n) is 5.10. The SMILES string of the molecule is Cn1c(=O)oc2cc(CNC(=O)C3CCCN3)ccc21. The summed E-state index contributed by atoms with van der Waals surface area (Å²) >= 11 is 0. The van der Waals surface area contributed by atoms with Gasteiger partial charge in [-0.3, -0.25) is 9.36 Å². The number of aromatic nitrogens is 1. The molecule has 1 atom stereocenters. The fourth-order valence-corrected chi connectivity index (χ4v) is 2.51. The van der Waals surface area contributed by atoms with Crippen molar-refractivity contribution in [3.63, 3.8) is 0 Å². The molecule has 3 rings (SSSR count). The quantitative estimate of drug-likeness (QED) is 0.855. The van der Waals surface area contributed by atoms with Gasteiger partial charge in [0.1, 0.15) is 0 Å². The Bertz CT molecular complexity index is 695. The molecule has 1 aliphatic rings. The Labute approximate surface area is 115 Å². The summed E-state index contributed by atoms with van der Waals surface area (Å²) in [6.07, 6.45) is 1.93. The summed E-state index contributed by atoms with van der Waals surface area (Å²) < 4.78 is 6.59. The maximum Gasteiger partial charge on any atom is 0.419 e. The van der Waals surface area contributed by atoms with Gasteiger partial charge in [-0.15, -0.1) is 0 Å². The molecule has 1 amide bonds. The van der Waals surface area contributed by atoms with Crippen LogP contribution in [0.5, 0.6) is 0 Å². The standard InChI is InChI=1S/C14H17N3O3/c1-17-11-5-4-9(7-12(11)20-14(17)19)8-16-13(18)10-3-2-6-15-10/h4-5,7,10,15H,2-3,6,8H2,1H3,(H,16,18). The minimum absolute atomic E-state index is 0.0251. The third-order valence-electron chi connectivity index (χ3n) is 3.70. The summed E-state index contributed by atoms with van der Waals surface area (Å²) in [5.41, 5.74) is 2.21. The number of fused-ring (bicyclic) bond motifs is 1. The van der Waals surface area contributed by atoms with Gasteiger partial charge in [0, 0.05) is 13.6 Å². The van der Waals surface area contributed by atoms with E-state index in [1.54, 1.807) is 13.1 Å². The molecule has 0 saturated carbocycles. The van der Waals surface area contributed by atoms with Crippen LogP contribution in [-0.2, 0) is 18.4 Å². The molecule has 0 aliphatic carbocycles. The fourth-order valence-electron chi connectivity index (χ4n) is 2.51. The van der Waals surface area contributed by atoms with Gasteiger partial charge in [0.25, 0.3) is 0 Å². The first-order chi connectivity index (χ1) is 9.65. The van der Waals surface area contributed by atoms with Gasteiger partial charge in [-0.2, -0.15) is 0 Å². The first-order valence-corrected chi connectivity index (χ1v) is 6.75. The van der Waals surface area contributed by atoms with Gasteiger partial charge in [0.2, 0.25) is 5.91 Å². The topological polar surface area (TPSA) is 76.3 Å². The maximum absolute atomic E-state index is 11.9. The van der Waals surface area contributed by atoms with Crippen LogP contribution in [0.1, 0.15) is 18.4 Å². The molecular formula is C14H17N3O3. The lowest BCUT2D eigenvalue weighted by Gasteiger charge is -2.10. The summed E-state index contributed by atoms with van der Waals surface area (Å²) in [4.78, 5) is 23.3. The molecule has 0 spiro atoms. The molecule has 6 nitrogen and oxygen atoms in total. The van der Waals surface area contributed by atoms with Gasteiger partial charge in [-0.1, -0.05) is 6.07 Å². The third-order valence-corrected chi connectivity index (χ3v) is 3.70. The van der Waals surface area contributed by atoms with Crippen molar-refractivity contribution in [2.24, 2.45) is 7.05 Å². The van der Waals surface area contributed by atoms with E-state index in [0.717, 1.165) is 30.5 Å². The monoisotopic (exact) mass is 275 g/mol. The number of amides is 1. The lowest BCUT2D eigenvalue weighted by molar-refractivity contribution is -0.122. The van der Waals surface area contributed by atoms with Crippen molar-refractivity contribution in [2.75, 3.05) is 6.54 Å². The Morgan fingerprint density at radius 3 is 3.15 bits per heavy atom. The van der Waals surface area contributed by atoms with E-state index in [2.05, 4.69) is 10.6 Å². The molecule has 2 aromatic rings. The van der Waals surface area contributed by atoms with Crippen molar-refractivity contribution < 1.29 is 9.21 Å². The van der Waals surface area contributed by atoms with Gasteiger partial charge in [-0.25, -0.2) is 4.79 Å². The van der Waals surface area contributed by atoms with E-state index >= 15 is 0 Å². The highest BCUT2D eigenvalue weighted by Gasteiger charge is 2.21. The van der Waals surface area contributed by atoms with E-state index in [1.807, 2.05) is 12.1 Å². The summed E-state index contributed by atoms with van der Waals surface area (Å²) in [5, 5.41) is 6.06. The highest BCUT2D eigenvalue weighted by atomic mass is 16.4. The Hall–Kier alpha value is -2.08. The molecular weight excluding hydrogens is 258 g/mol. The van der Waals surface area contributed by atoms with Gasteiger partial charge in [0.05, 0.1) is 11.6 Å². The van der Waals surface area contributed by atoms with Crippen molar-refractivity contribution in [3.8, 4) is 0 Å². The van der Waals surface area contributed by atoms with E-state index in [4.69, 9.17) is 4.42 Å². The molecule has 1 aromatic carbocycles. The second kappa shape index (κ2) is 5.13. The number of aryl methyl sites for hydroxylation is 1. The molecule has 0 bridgehead atoms. The third kappa shape index (κ3) is 2.34. The maximum atomic E-state index is 11.9. The Kier molecular flexibility index (Phi) is 3.31. The van der Waals surface area contributed by atoms with Crippen LogP contribution in [0.3, 0.4) is 0 Å². The number of hydrogen-bond donors (Lipinski definition) is 2. The predicted molar refractivity (Wildman–Crippen MR) is 74.3 cm³/mol. The van der Waals surface area contributed by atoms with Gasteiger partial charge in [-0.05, 0) is 37.1 Å². The zero-order valence-corrected chi connectivity index (χ0v) is 11.3. The Morgan fingerprint density at radius 2 is 2.40 bits per heavy atom. The molecule has 106 valence electrons. The van der Waals surface area contributed by atoms with Crippen LogP contribution in [0.2, 0.25) is 0 Å². The van der Waals surface area contributed by atoms with E-state index < -0.39 is 0 Å². The fraction of sp³-hybridized carbons (Fsp3) is 0.429. The lowest BCUT2D eigenvalue weighted by atomic mass is 10.2. The highest BCUT2D eigenvalue weighted by molar-refractivity contribution is 5.82. The van der Waals surface area contributed by atoms with E-state index in [-0.39, 0.29) is 17.7 Å². The van der Waals surface area contributed by atoms with Crippen LogP contribution >= 0.6 is 0 Å². The number of nitrogens with zero attached hydrogens (tertiary/aromatic N) is 1. The predicted octanol–water partition coefficient (Wildman–Crippen LogP) is 0.500. The summed E-state index contributed by atoms with van der Waals surface area (Å²) in [5.74, 6) is -0.353. The second-order valence-corrected chi connectivity index (χ2v) is 5.10. The first kappa shape index (κ1) is 12.9. The van der Waals surface area contributed by atoms with Crippen LogP contribution in [-0.4, -0.2) is 23.1 Å². The van der Waals surface area contributed by atoms with Crippen molar-refractivity contribution in [2.45, 2.75) is 25.4 Å². The molecule has 1 aromatic heterocycles. The molecule has 0 radical (unpaired) electrons. The molecule has 1 fully saturated rings. The molecule has 2 N–H and O–H groups in total. The van der Waals surface area contributed by atoms with Gasteiger partial charge < -0.3 is 15.1 Å². The van der Waals surface area contributed by atoms with Crippen molar-refractivity contribution in [1.29, 1.82) is 0 Å². The van der Waals surface area contributed by atoms with Gasteiger partial charge in [0.15, 0.2) is 5.58 Å². The molecule has 2 heterocycles. The number of oxazole rings is 1. The smallest absolute Gasteiger partial charge is 0.408 e. The van der Waals surface area contributed by atoms with Gasteiger partial charge >= 0.3 is 5.76 Å². The largest absolute Gasteiger partial charge is 0.419 e. The first-order valence-electron chi connectivity index (χ1n) is 6.75. The number of carbonyl (C=O) groups is 1. The summed E-state index contributed by atoms with van der Waals surface area (Å²) in [6, 6.07) is 5.43. The van der Waals surface area contributed by atoms with Crippen LogP contribution < -0.4 is 16.4 Å². The number of carbonyl (C=O) groups excluding carboxylic acids is 1. The van der Waals surface area contributed by atoms with E-state index in [1.165, 1.54) is 4.57 Å². The van der Waals surface area contributed by atoms with Crippen molar-refractivity contribution in [3.05, 3.63) is 34.3 Å². The molecule has 20 heavy (non-hydrogen) atoms. The number of nitrogens with one attached hydrogen (secondary N) is 2. The van der Waals surface area contributed by atoms with Crippen LogP contribution in [0.15, 0.2) is 27.4 Å². The van der Waals surface area contributed by atoms with Crippen molar-refractivity contribution >= 4 is 17.0 Å². The van der Waals surface area contributed by atoms with Crippen molar-refractivity contribution in [1.82, 2.24) is 15.2 Å². The minimum Gasteiger partial charge on any atom is -0.408 e. The number of rotatable bonds is 3. The molecule has 1 saturated heterocycles. The van der Waals surface area contributed by atoms with E-state index in [9.17, 15) is 9.59 Å². The molecule has 1 unspecified atom stereocenters. The zero-order chi connectivity index (χ0) is 14.1. The Balaban J connectivity index is 1.71. The van der Waals surface area contributed by atoms with Crippen LogP contribution in [0.25, 0.3) is 11.1 Å². The number of benzene rings is 1. The Morgan fingerprint density at radius 1 is 1.55 bits per heavy atom. The number of hydrogen-bond acceptors (Lipinski definition) is 4. The molecule has 1 aliphatic heterocycles. The lowest BCUT2D eigenvalue weighted by Crippen LogP contribution is -2.39. The molecule has 6 heteroatoms. The minimum atomic E-state index is -0.378. The summed E-state index contributed by atoms with van der Waals surface area (Å²) in [6.45, 7) is 1.34. The average Bonchev–Trinajstić information content (AvgIpc) is 3.06. The summed E-state index contributed by atoms with van der Waals surface area (Å²) in [7, 11) is 1.67. The van der Waals surface area contributed by atoms with Crippen LogP contribution in [0, 0.1) is 0 Å². The zero-order valence-electron chi connectivity index (χ0n) is 11.3.